The number of ether oxygens (including phenoxy) is 3. The summed E-state index contributed by atoms with van der Waals surface area (Å²) in [6.07, 6.45) is 1.50. The number of ketones is 1. The average molecular weight is 439 g/mol. The van der Waals surface area contributed by atoms with Crippen molar-refractivity contribution in [3.8, 4) is 17.2 Å². The van der Waals surface area contributed by atoms with Gasteiger partial charge < -0.3 is 29.3 Å². The molecule has 2 aromatic rings. The Hall–Kier alpha value is -3.52. The van der Waals surface area contributed by atoms with Gasteiger partial charge in [-0.2, -0.15) is 0 Å². The van der Waals surface area contributed by atoms with Crippen molar-refractivity contribution < 1.29 is 34.0 Å². The van der Waals surface area contributed by atoms with Crippen molar-refractivity contribution in [1.29, 1.82) is 0 Å². The second-order valence-electron chi connectivity index (χ2n) is 7.74. The largest absolute Gasteiger partial charge is 0.508 e. The van der Waals surface area contributed by atoms with Crippen LogP contribution in [-0.4, -0.2) is 60.3 Å². The van der Waals surface area contributed by atoms with Crippen LogP contribution in [0.25, 0.3) is 5.76 Å². The van der Waals surface area contributed by atoms with Crippen LogP contribution in [0.1, 0.15) is 30.0 Å². The molecule has 0 spiro atoms. The zero-order valence-electron chi connectivity index (χ0n) is 17.9. The minimum Gasteiger partial charge on any atom is -0.508 e. The van der Waals surface area contributed by atoms with Crippen molar-refractivity contribution in [3.05, 3.63) is 59.2 Å². The predicted octanol–water partition coefficient (Wildman–Crippen LogP) is 3.01. The number of methoxy groups -OCH3 is 2. The van der Waals surface area contributed by atoms with Gasteiger partial charge in [0.2, 0.25) is 0 Å². The molecule has 0 aromatic heterocycles. The van der Waals surface area contributed by atoms with E-state index in [-0.39, 0.29) is 35.3 Å². The van der Waals surface area contributed by atoms with Gasteiger partial charge in [-0.1, -0.05) is 12.1 Å². The topological polar surface area (TPSA) is 106 Å². The van der Waals surface area contributed by atoms with Gasteiger partial charge in [0.05, 0.1) is 37.5 Å². The first-order chi connectivity index (χ1) is 15.4. The van der Waals surface area contributed by atoms with Crippen molar-refractivity contribution in [2.75, 3.05) is 27.4 Å². The molecule has 4 rings (SSSR count). The quantitative estimate of drug-likeness (QED) is 0.405. The number of phenols is 1. The molecule has 2 unspecified atom stereocenters. The number of amides is 1. The summed E-state index contributed by atoms with van der Waals surface area (Å²) < 4.78 is 16.3. The third-order valence-corrected chi connectivity index (χ3v) is 5.84. The summed E-state index contributed by atoms with van der Waals surface area (Å²) in [6, 6.07) is 10.2. The zero-order chi connectivity index (χ0) is 22.8. The fourth-order valence-electron chi connectivity index (χ4n) is 4.22. The molecule has 8 nitrogen and oxygen atoms in total. The molecule has 168 valence electrons. The summed E-state index contributed by atoms with van der Waals surface area (Å²) in [4.78, 5) is 27.6. The van der Waals surface area contributed by atoms with Crippen molar-refractivity contribution in [3.63, 3.8) is 0 Å². The van der Waals surface area contributed by atoms with E-state index in [2.05, 4.69) is 0 Å². The molecule has 2 heterocycles. The second-order valence-corrected chi connectivity index (χ2v) is 7.74. The lowest BCUT2D eigenvalue weighted by Crippen LogP contribution is -2.36. The Labute approximate surface area is 185 Å². The smallest absolute Gasteiger partial charge is 0.295 e. The maximum absolute atomic E-state index is 13.1. The number of benzene rings is 2. The number of likely N-dealkylation sites (tertiary alicyclic amines) is 1. The summed E-state index contributed by atoms with van der Waals surface area (Å²) in [7, 11) is 2.95. The Morgan fingerprint density at radius 3 is 2.50 bits per heavy atom. The minimum atomic E-state index is -0.827. The van der Waals surface area contributed by atoms with Crippen molar-refractivity contribution in [1.82, 2.24) is 4.90 Å². The first-order valence-electron chi connectivity index (χ1n) is 10.4. The number of aliphatic hydroxyl groups is 1. The van der Waals surface area contributed by atoms with E-state index in [4.69, 9.17) is 14.2 Å². The van der Waals surface area contributed by atoms with E-state index in [1.54, 1.807) is 30.3 Å². The van der Waals surface area contributed by atoms with Crippen LogP contribution in [-0.2, 0) is 14.3 Å². The number of nitrogens with zero attached hydrogens (tertiary/aromatic N) is 1. The van der Waals surface area contributed by atoms with E-state index < -0.39 is 17.7 Å². The zero-order valence-corrected chi connectivity index (χ0v) is 17.9. The van der Waals surface area contributed by atoms with Gasteiger partial charge in [-0.15, -0.1) is 0 Å². The summed E-state index contributed by atoms with van der Waals surface area (Å²) in [5.41, 5.74) is 0.823. The van der Waals surface area contributed by atoms with E-state index in [0.717, 1.165) is 12.8 Å². The van der Waals surface area contributed by atoms with Crippen molar-refractivity contribution in [2.24, 2.45) is 0 Å². The maximum Gasteiger partial charge on any atom is 0.295 e. The van der Waals surface area contributed by atoms with Crippen LogP contribution in [0.4, 0.5) is 0 Å². The summed E-state index contributed by atoms with van der Waals surface area (Å²) >= 11 is 0. The molecule has 0 saturated carbocycles. The van der Waals surface area contributed by atoms with Gasteiger partial charge in [0.1, 0.15) is 23.0 Å². The summed E-state index contributed by atoms with van der Waals surface area (Å²) in [6.45, 7) is 0.841. The normalized spacial score (nSPS) is 22.4. The summed E-state index contributed by atoms with van der Waals surface area (Å²) in [5, 5.41) is 20.9. The van der Waals surface area contributed by atoms with Crippen LogP contribution in [0.15, 0.2) is 48.0 Å². The molecule has 2 aromatic carbocycles. The van der Waals surface area contributed by atoms with Crippen LogP contribution in [0.5, 0.6) is 17.2 Å². The number of phenolic OH excluding ortho intramolecular Hbond substituents is 1. The highest BCUT2D eigenvalue weighted by Crippen LogP contribution is 2.42. The number of aromatic hydroxyl groups is 1. The lowest BCUT2D eigenvalue weighted by Gasteiger charge is -2.27. The monoisotopic (exact) mass is 439 g/mol. The highest BCUT2D eigenvalue weighted by Gasteiger charge is 2.47. The molecule has 8 heteroatoms. The Balaban J connectivity index is 1.85. The molecule has 2 aliphatic heterocycles. The number of carbonyl (C=O) groups excluding carboxylic acids is 2. The van der Waals surface area contributed by atoms with Crippen molar-refractivity contribution in [2.45, 2.75) is 25.0 Å². The second kappa shape index (κ2) is 8.92. The first kappa shape index (κ1) is 21.7. The predicted molar refractivity (Wildman–Crippen MR) is 116 cm³/mol. The van der Waals surface area contributed by atoms with Gasteiger partial charge in [0, 0.05) is 19.2 Å². The number of rotatable bonds is 6. The molecule has 0 radical (unpaired) electrons. The number of carbonyl (C=O) groups is 2. The fraction of sp³-hybridized carbons (Fsp3) is 0.333. The molecule has 2 N–H and O–H groups in total. The number of hydrogen-bond donors (Lipinski definition) is 2. The molecule has 2 fully saturated rings. The molecule has 0 bridgehead atoms. The van der Waals surface area contributed by atoms with Crippen LogP contribution in [0.3, 0.4) is 0 Å². The SMILES string of the molecule is COc1ccc(/C(O)=C2/C(=O)C(=O)N(CC3CCCO3)C2c2ccc(O)cc2)c(OC)c1. The van der Waals surface area contributed by atoms with Crippen molar-refractivity contribution >= 4 is 17.4 Å². The average Bonchev–Trinajstić information content (AvgIpc) is 3.41. The van der Waals surface area contributed by atoms with E-state index in [0.29, 0.717) is 23.7 Å². The lowest BCUT2D eigenvalue weighted by molar-refractivity contribution is -0.140. The van der Waals surface area contributed by atoms with E-state index in [1.807, 2.05) is 0 Å². The Kier molecular flexibility index (Phi) is 6.05. The Morgan fingerprint density at radius 1 is 1.12 bits per heavy atom. The highest BCUT2D eigenvalue weighted by atomic mass is 16.5. The van der Waals surface area contributed by atoms with Gasteiger partial charge in [-0.05, 0) is 42.7 Å². The van der Waals surface area contributed by atoms with Gasteiger partial charge in [-0.3, -0.25) is 9.59 Å². The Bertz CT molecular complexity index is 1050. The van der Waals surface area contributed by atoms with E-state index in [9.17, 15) is 19.8 Å². The highest BCUT2D eigenvalue weighted by molar-refractivity contribution is 6.46. The Morgan fingerprint density at radius 2 is 1.88 bits per heavy atom. The maximum atomic E-state index is 13.1. The number of Topliss-reactive ketones (excluding diaryl/α,β-unsaturated/α-hetero) is 1. The molecule has 0 aliphatic carbocycles. The molecule has 2 saturated heterocycles. The molecular formula is C24H25NO7. The third kappa shape index (κ3) is 3.89. The lowest BCUT2D eigenvalue weighted by atomic mass is 9.94. The standard InChI is InChI=1S/C24H25NO7/c1-30-16-9-10-18(19(12-16)31-2)22(27)20-21(14-5-7-15(26)8-6-14)25(24(29)23(20)28)13-17-4-3-11-32-17/h5-10,12,17,21,26-27H,3-4,11,13H2,1-2H3/b22-20-. The van der Waals surface area contributed by atoms with Gasteiger partial charge in [0.15, 0.2) is 0 Å². The number of aliphatic hydroxyl groups excluding tert-OH is 1. The minimum absolute atomic E-state index is 0.0397. The third-order valence-electron chi connectivity index (χ3n) is 5.84. The molecule has 1 amide bonds. The van der Waals surface area contributed by atoms with Crippen LogP contribution in [0, 0.1) is 0 Å². The fourth-order valence-corrected chi connectivity index (χ4v) is 4.22. The molecular weight excluding hydrogens is 414 g/mol. The molecule has 2 atom stereocenters. The number of hydrogen-bond acceptors (Lipinski definition) is 7. The van der Waals surface area contributed by atoms with Gasteiger partial charge in [0.25, 0.3) is 11.7 Å². The molecule has 2 aliphatic rings. The molecule has 32 heavy (non-hydrogen) atoms. The van der Waals surface area contributed by atoms with Crippen LogP contribution >= 0.6 is 0 Å². The first-order valence-corrected chi connectivity index (χ1v) is 10.4. The van der Waals surface area contributed by atoms with Gasteiger partial charge >= 0.3 is 0 Å². The van der Waals surface area contributed by atoms with Crippen LogP contribution in [0.2, 0.25) is 0 Å². The van der Waals surface area contributed by atoms with E-state index in [1.165, 1.54) is 31.3 Å². The van der Waals surface area contributed by atoms with Crippen LogP contribution < -0.4 is 9.47 Å². The van der Waals surface area contributed by atoms with E-state index >= 15 is 0 Å². The summed E-state index contributed by atoms with van der Waals surface area (Å²) in [5.74, 6) is -0.939. The van der Waals surface area contributed by atoms with Gasteiger partial charge in [-0.25, -0.2) is 0 Å².